The van der Waals surface area contributed by atoms with Gasteiger partial charge >= 0.3 is 0 Å². The summed E-state index contributed by atoms with van der Waals surface area (Å²) in [5.41, 5.74) is 10.1. The van der Waals surface area contributed by atoms with E-state index in [-0.39, 0.29) is 5.41 Å². The minimum absolute atomic E-state index is 0.139. The average molecular weight is 322 g/mol. The van der Waals surface area contributed by atoms with Crippen molar-refractivity contribution in [1.29, 1.82) is 0 Å². The van der Waals surface area contributed by atoms with Crippen molar-refractivity contribution < 1.29 is 0 Å². The minimum atomic E-state index is -0.139. The topological polar surface area (TPSA) is 43.8 Å². The molecule has 0 aliphatic heterocycles. The molecule has 0 atom stereocenters. The number of rotatable bonds is 3. The monoisotopic (exact) mass is 321 g/mol. The first-order valence-corrected chi connectivity index (χ1v) is 7.19. The number of hydrogen-bond donors (Lipinski definition) is 1. The highest BCUT2D eigenvalue weighted by atomic mass is 79.9. The molecule has 2 N–H and O–H groups in total. The smallest absolute Gasteiger partial charge is 0.0842 e. The summed E-state index contributed by atoms with van der Waals surface area (Å²) < 4.78 is 3.01. The Bertz CT molecular complexity index is 582. The lowest BCUT2D eigenvalue weighted by molar-refractivity contribution is 0.513. The van der Waals surface area contributed by atoms with Gasteiger partial charge in [0.15, 0.2) is 0 Å². The molecular formula is C15H20BrN3. The van der Waals surface area contributed by atoms with Crippen LogP contribution < -0.4 is 5.73 Å². The maximum Gasteiger partial charge on any atom is 0.0842 e. The third kappa shape index (κ3) is 2.60. The Morgan fingerprint density at radius 2 is 1.79 bits per heavy atom. The third-order valence-corrected chi connectivity index (χ3v) is 4.42. The zero-order chi connectivity index (χ0) is 14.2. The average Bonchev–Trinajstić information content (AvgIpc) is 2.68. The molecule has 0 bridgehead atoms. The SMILES string of the molecule is Cc1ccc(-n2nc(C(C)(C)CN)c(Br)c2C)cc1. The molecule has 2 aromatic rings. The highest BCUT2D eigenvalue weighted by Gasteiger charge is 2.27. The van der Waals surface area contributed by atoms with Crippen LogP contribution in [0.3, 0.4) is 0 Å². The molecule has 1 aromatic carbocycles. The van der Waals surface area contributed by atoms with Crippen LogP contribution in [0, 0.1) is 13.8 Å². The number of nitrogens with two attached hydrogens (primary N) is 1. The van der Waals surface area contributed by atoms with Crippen molar-refractivity contribution in [3.63, 3.8) is 0 Å². The highest BCUT2D eigenvalue weighted by Crippen LogP contribution is 2.32. The normalized spacial score (nSPS) is 11.9. The van der Waals surface area contributed by atoms with Crippen LogP contribution in [0.1, 0.15) is 30.8 Å². The Hall–Kier alpha value is -1.13. The van der Waals surface area contributed by atoms with Crippen molar-refractivity contribution in [2.75, 3.05) is 6.54 Å². The van der Waals surface area contributed by atoms with Gasteiger partial charge in [0.25, 0.3) is 0 Å². The van der Waals surface area contributed by atoms with E-state index < -0.39 is 0 Å². The lowest BCUT2D eigenvalue weighted by atomic mass is 9.89. The molecule has 0 fully saturated rings. The largest absolute Gasteiger partial charge is 0.330 e. The molecule has 0 aliphatic carbocycles. The van der Waals surface area contributed by atoms with Gasteiger partial charge in [0.05, 0.1) is 21.5 Å². The summed E-state index contributed by atoms with van der Waals surface area (Å²) >= 11 is 3.65. The van der Waals surface area contributed by atoms with Crippen molar-refractivity contribution in [2.24, 2.45) is 5.73 Å². The first-order valence-electron chi connectivity index (χ1n) is 6.39. The molecule has 0 saturated heterocycles. The Labute approximate surface area is 122 Å². The number of aryl methyl sites for hydroxylation is 1. The van der Waals surface area contributed by atoms with Crippen molar-refractivity contribution in [3.8, 4) is 5.69 Å². The Morgan fingerprint density at radius 3 is 2.32 bits per heavy atom. The number of halogens is 1. The summed E-state index contributed by atoms with van der Waals surface area (Å²) in [4.78, 5) is 0. The van der Waals surface area contributed by atoms with Gasteiger partial charge < -0.3 is 5.73 Å². The molecule has 19 heavy (non-hydrogen) atoms. The van der Waals surface area contributed by atoms with Gasteiger partial charge in [-0.1, -0.05) is 31.5 Å². The Balaban J connectivity index is 2.55. The number of hydrogen-bond acceptors (Lipinski definition) is 2. The quantitative estimate of drug-likeness (QED) is 0.940. The van der Waals surface area contributed by atoms with Gasteiger partial charge in [-0.3, -0.25) is 0 Å². The van der Waals surface area contributed by atoms with Crippen LogP contribution in [-0.4, -0.2) is 16.3 Å². The zero-order valence-corrected chi connectivity index (χ0v) is 13.5. The second kappa shape index (κ2) is 5.10. The lowest BCUT2D eigenvalue weighted by Gasteiger charge is -2.20. The van der Waals surface area contributed by atoms with Gasteiger partial charge in [0.1, 0.15) is 0 Å². The van der Waals surface area contributed by atoms with E-state index in [9.17, 15) is 0 Å². The van der Waals surface area contributed by atoms with E-state index in [0.29, 0.717) is 6.54 Å². The van der Waals surface area contributed by atoms with Gasteiger partial charge in [-0.2, -0.15) is 5.10 Å². The summed E-state index contributed by atoms with van der Waals surface area (Å²) in [6.07, 6.45) is 0. The molecule has 0 amide bonds. The molecule has 0 radical (unpaired) electrons. The number of benzene rings is 1. The van der Waals surface area contributed by atoms with E-state index in [1.165, 1.54) is 5.56 Å². The molecule has 0 unspecified atom stereocenters. The maximum atomic E-state index is 5.85. The van der Waals surface area contributed by atoms with Gasteiger partial charge in [-0.05, 0) is 41.9 Å². The molecule has 0 spiro atoms. The molecule has 4 heteroatoms. The number of nitrogens with zero attached hydrogens (tertiary/aromatic N) is 2. The van der Waals surface area contributed by atoms with E-state index in [0.717, 1.165) is 21.5 Å². The third-order valence-electron chi connectivity index (χ3n) is 3.47. The summed E-state index contributed by atoms with van der Waals surface area (Å²) in [6.45, 7) is 8.93. The minimum Gasteiger partial charge on any atom is -0.330 e. The van der Waals surface area contributed by atoms with E-state index in [1.807, 2.05) is 4.68 Å². The zero-order valence-electron chi connectivity index (χ0n) is 11.9. The number of aromatic nitrogens is 2. The predicted molar refractivity (Wildman–Crippen MR) is 82.8 cm³/mol. The van der Waals surface area contributed by atoms with Crippen LogP contribution in [0.15, 0.2) is 28.7 Å². The van der Waals surface area contributed by atoms with E-state index in [1.54, 1.807) is 0 Å². The van der Waals surface area contributed by atoms with Gasteiger partial charge in [-0.15, -0.1) is 0 Å². The van der Waals surface area contributed by atoms with Crippen LogP contribution in [-0.2, 0) is 5.41 Å². The summed E-state index contributed by atoms with van der Waals surface area (Å²) in [5, 5.41) is 4.74. The maximum absolute atomic E-state index is 5.85. The van der Waals surface area contributed by atoms with Crippen LogP contribution in [0.4, 0.5) is 0 Å². The van der Waals surface area contributed by atoms with Crippen molar-refractivity contribution >= 4 is 15.9 Å². The second-order valence-electron chi connectivity index (χ2n) is 5.58. The second-order valence-corrected chi connectivity index (χ2v) is 6.38. The Kier molecular flexibility index (Phi) is 3.83. The molecule has 3 nitrogen and oxygen atoms in total. The van der Waals surface area contributed by atoms with Crippen molar-refractivity contribution in [2.45, 2.75) is 33.1 Å². The molecule has 1 heterocycles. The molecular weight excluding hydrogens is 302 g/mol. The van der Waals surface area contributed by atoms with Gasteiger partial charge in [0, 0.05) is 12.0 Å². The van der Waals surface area contributed by atoms with E-state index in [2.05, 4.69) is 67.9 Å². The van der Waals surface area contributed by atoms with Crippen LogP contribution in [0.2, 0.25) is 0 Å². The van der Waals surface area contributed by atoms with Crippen LogP contribution in [0.5, 0.6) is 0 Å². The van der Waals surface area contributed by atoms with Crippen LogP contribution in [0.25, 0.3) is 5.69 Å². The lowest BCUT2D eigenvalue weighted by Crippen LogP contribution is -2.29. The fourth-order valence-corrected chi connectivity index (χ4v) is 2.73. The van der Waals surface area contributed by atoms with Crippen molar-refractivity contribution in [3.05, 3.63) is 45.7 Å². The Morgan fingerprint density at radius 1 is 1.21 bits per heavy atom. The standard InChI is InChI=1S/C15H20BrN3/c1-10-5-7-12(8-6-10)19-11(2)13(16)14(18-19)15(3,4)9-17/h5-8H,9,17H2,1-4H3. The van der Waals surface area contributed by atoms with E-state index >= 15 is 0 Å². The van der Waals surface area contributed by atoms with E-state index in [4.69, 9.17) is 10.8 Å². The summed E-state index contributed by atoms with van der Waals surface area (Å²) in [5.74, 6) is 0. The van der Waals surface area contributed by atoms with Gasteiger partial charge in [0.2, 0.25) is 0 Å². The molecule has 2 rings (SSSR count). The summed E-state index contributed by atoms with van der Waals surface area (Å²) in [6, 6.07) is 8.36. The summed E-state index contributed by atoms with van der Waals surface area (Å²) in [7, 11) is 0. The first kappa shape index (κ1) is 14.3. The molecule has 0 aliphatic rings. The highest BCUT2D eigenvalue weighted by molar-refractivity contribution is 9.10. The van der Waals surface area contributed by atoms with Crippen LogP contribution >= 0.6 is 15.9 Å². The molecule has 102 valence electrons. The fourth-order valence-electron chi connectivity index (χ4n) is 1.95. The van der Waals surface area contributed by atoms with Crippen molar-refractivity contribution in [1.82, 2.24) is 9.78 Å². The predicted octanol–water partition coefficient (Wildman–Crippen LogP) is 3.49. The first-order chi connectivity index (χ1) is 8.86. The van der Waals surface area contributed by atoms with Gasteiger partial charge in [-0.25, -0.2) is 4.68 Å². The fraction of sp³-hybridized carbons (Fsp3) is 0.400. The molecule has 1 aromatic heterocycles. The molecule has 0 saturated carbocycles.